The summed E-state index contributed by atoms with van der Waals surface area (Å²) in [6.07, 6.45) is 1.99. The van der Waals surface area contributed by atoms with Crippen LogP contribution in [0.25, 0.3) is 10.8 Å². The van der Waals surface area contributed by atoms with Crippen LogP contribution in [0.4, 0.5) is 0 Å². The molecule has 0 amide bonds. The molecule has 0 radical (unpaired) electrons. The van der Waals surface area contributed by atoms with Crippen molar-refractivity contribution in [1.29, 1.82) is 0 Å². The first-order valence-corrected chi connectivity index (χ1v) is 7.98. The number of fused-ring (bicyclic) bond motifs is 1. The maximum absolute atomic E-state index is 4.75. The van der Waals surface area contributed by atoms with Crippen molar-refractivity contribution < 1.29 is 0 Å². The molecule has 0 N–H and O–H groups in total. The van der Waals surface area contributed by atoms with E-state index in [9.17, 15) is 0 Å². The Labute approximate surface area is 130 Å². The summed E-state index contributed by atoms with van der Waals surface area (Å²) in [5.41, 5.74) is 1.19. The van der Waals surface area contributed by atoms with Gasteiger partial charge in [-0.3, -0.25) is 4.98 Å². The fourth-order valence-corrected chi connectivity index (χ4v) is 3.66. The van der Waals surface area contributed by atoms with Gasteiger partial charge in [0, 0.05) is 26.8 Å². The molecule has 0 aliphatic carbocycles. The highest BCUT2D eigenvalue weighted by Crippen LogP contribution is 2.39. The summed E-state index contributed by atoms with van der Waals surface area (Å²) in [4.78, 5) is 7.27. The number of benzene rings is 2. The maximum atomic E-state index is 4.75. The molecule has 0 aliphatic heterocycles. The molecule has 3 aromatic rings. The van der Waals surface area contributed by atoms with E-state index in [1.54, 1.807) is 0 Å². The fourth-order valence-electron chi connectivity index (χ4n) is 2.38. The predicted octanol–water partition coefficient (Wildman–Crippen LogP) is 5.68. The molecule has 0 atom stereocenters. The minimum absolute atomic E-state index is 0.0289. The molecule has 0 fully saturated rings. The minimum Gasteiger partial charge on any atom is -0.259 e. The Morgan fingerprint density at radius 1 is 0.857 bits per heavy atom. The zero-order chi connectivity index (χ0) is 14.9. The van der Waals surface area contributed by atoms with Crippen molar-refractivity contribution in [1.82, 2.24) is 4.98 Å². The standard InChI is InChI=1S/C19H19NS/c1-19(2,3)18-17(21-15-10-5-4-6-11-15)16-12-8-7-9-14(16)13-20-18/h4-13H,1-3H3. The van der Waals surface area contributed by atoms with Crippen molar-refractivity contribution in [3.63, 3.8) is 0 Å². The molecule has 2 heteroatoms. The Hall–Kier alpha value is -1.80. The van der Waals surface area contributed by atoms with Gasteiger partial charge in [0.15, 0.2) is 0 Å². The topological polar surface area (TPSA) is 12.9 Å². The molecule has 0 unspecified atom stereocenters. The van der Waals surface area contributed by atoms with E-state index in [1.165, 1.54) is 20.6 Å². The lowest BCUT2D eigenvalue weighted by Crippen LogP contribution is -2.15. The molecule has 2 aromatic carbocycles. The summed E-state index contributed by atoms with van der Waals surface area (Å²) in [7, 11) is 0. The molecule has 106 valence electrons. The van der Waals surface area contributed by atoms with E-state index in [4.69, 9.17) is 4.98 Å². The highest BCUT2D eigenvalue weighted by molar-refractivity contribution is 7.99. The summed E-state index contributed by atoms with van der Waals surface area (Å²) in [5.74, 6) is 0. The summed E-state index contributed by atoms with van der Waals surface area (Å²) in [6.45, 7) is 6.66. The molecule has 0 bridgehead atoms. The Balaban J connectivity index is 2.21. The van der Waals surface area contributed by atoms with E-state index >= 15 is 0 Å². The van der Waals surface area contributed by atoms with Crippen LogP contribution in [0.2, 0.25) is 0 Å². The summed E-state index contributed by atoms with van der Waals surface area (Å²) in [6, 6.07) is 19.0. The Morgan fingerprint density at radius 2 is 1.52 bits per heavy atom. The molecular weight excluding hydrogens is 274 g/mol. The van der Waals surface area contributed by atoms with E-state index < -0.39 is 0 Å². The first-order valence-electron chi connectivity index (χ1n) is 7.17. The second-order valence-electron chi connectivity index (χ2n) is 6.19. The van der Waals surface area contributed by atoms with E-state index in [-0.39, 0.29) is 5.41 Å². The van der Waals surface area contributed by atoms with Crippen molar-refractivity contribution >= 4 is 22.5 Å². The smallest absolute Gasteiger partial charge is 0.0602 e. The highest BCUT2D eigenvalue weighted by Gasteiger charge is 2.22. The van der Waals surface area contributed by atoms with Gasteiger partial charge in [0.1, 0.15) is 0 Å². The third-order valence-electron chi connectivity index (χ3n) is 3.43. The molecule has 0 spiro atoms. The molecule has 21 heavy (non-hydrogen) atoms. The fraction of sp³-hybridized carbons (Fsp3) is 0.211. The molecule has 1 aromatic heterocycles. The molecule has 0 saturated carbocycles. The van der Waals surface area contributed by atoms with Crippen LogP contribution in [-0.2, 0) is 5.41 Å². The van der Waals surface area contributed by atoms with Gasteiger partial charge in [-0.2, -0.15) is 0 Å². The minimum atomic E-state index is 0.0289. The number of hydrogen-bond donors (Lipinski definition) is 0. The number of aromatic nitrogens is 1. The normalized spacial score (nSPS) is 11.8. The Kier molecular flexibility index (Phi) is 3.73. The summed E-state index contributed by atoms with van der Waals surface area (Å²) >= 11 is 1.81. The van der Waals surface area contributed by atoms with E-state index in [0.717, 1.165) is 5.69 Å². The zero-order valence-electron chi connectivity index (χ0n) is 12.6. The first kappa shape index (κ1) is 14.2. The first-order chi connectivity index (χ1) is 10.1. The van der Waals surface area contributed by atoms with Crippen molar-refractivity contribution in [2.75, 3.05) is 0 Å². The van der Waals surface area contributed by atoms with Crippen LogP contribution in [0.1, 0.15) is 26.5 Å². The molecule has 0 saturated heterocycles. The van der Waals surface area contributed by atoms with Crippen molar-refractivity contribution in [3.8, 4) is 0 Å². The molecule has 0 aliphatic rings. The lowest BCUT2D eigenvalue weighted by Gasteiger charge is -2.22. The van der Waals surface area contributed by atoms with Crippen molar-refractivity contribution in [3.05, 3.63) is 66.5 Å². The van der Waals surface area contributed by atoms with Crippen LogP contribution in [-0.4, -0.2) is 4.98 Å². The highest BCUT2D eigenvalue weighted by atomic mass is 32.2. The van der Waals surface area contributed by atoms with Gasteiger partial charge in [-0.05, 0) is 17.5 Å². The van der Waals surface area contributed by atoms with Crippen LogP contribution in [0.15, 0.2) is 70.6 Å². The SMILES string of the molecule is CC(C)(C)c1ncc2ccccc2c1Sc1ccccc1. The van der Waals surface area contributed by atoms with Crippen LogP contribution in [0, 0.1) is 0 Å². The van der Waals surface area contributed by atoms with Gasteiger partial charge in [-0.1, -0.05) is 75.0 Å². The van der Waals surface area contributed by atoms with Crippen LogP contribution >= 0.6 is 11.8 Å². The van der Waals surface area contributed by atoms with Gasteiger partial charge in [0.25, 0.3) is 0 Å². The molecule has 3 rings (SSSR count). The zero-order valence-corrected chi connectivity index (χ0v) is 13.4. The number of pyridine rings is 1. The molecule has 1 nitrogen and oxygen atoms in total. The van der Waals surface area contributed by atoms with Gasteiger partial charge in [0.2, 0.25) is 0 Å². The number of rotatable bonds is 2. The number of hydrogen-bond acceptors (Lipinski definition) is 2. The average Bonchev–Trinajstić information content (AvgIpc) is 2.47. The lowest BCUT2D eigenvalue weighted by molar-refractivity contribution is 0.557. The predicted molar refractivity (Wildman–Crippen MR) is 91.0 cm³/mol. The quantitative estimate of drug-likeness (QED) is 0.602. The maximum Gasteiger partial charge on any atom is 0.0602 e. The summed E-state index contributed by atoms with van der Waals surface area (Å²) in [5, 5.41) is 2.48. The van der Waals surface area contributed by atoms with E-state index in [1.807, 2.05) is 18.0 Å². The van der Waals surface area contributed by atoms with Crippen LogP contribution < -0.4 is 0 Å². The van der Waals surface area contributed by atoms with Gasteiger partial charge in [-0.15, -0.1) is 0 Å². The average molecular weight is 293 g/mol. The molecule has 1 heterocycles. The number of nitrogens with zero attached hydrogens (tertiary/aromatic N) is 1. The monoisotopic (exact) mass is 293 g/mol. The van der Waals surface area contributed by atoms with Crippen LogP contribution in [0.3, 0.4) is 0 Å². The van der Waals surface area contributed by atoms with E-state index in [0.29, 0.717) is 0 Å². The van der Waals surface area contributed by atoms with Gasteiger partial charge in [-0.25, -0.2) is 0 Å². The summed E-state index contributed by atoms with van der Waals surface area (Å²) < 4.78 is 0. The lowest BCUT2D eigenvalue weighted by atomic mass is 9.90. The van der Waals surface area contributed by atoms with Crippen molar-refractivity contribution in [2.45, 2.75) is 36.0 Å². The van der Waals surface area contributed by atoms with Gasteiger partial charge in [0.05, 0.1) is 5.69 Å². The van der Waals surface area contributed by atoms with Gasteiger partial charge >= 0.3 is 0 Å². The molecular formula is C19H19NS. The van der Waals surface area contributed by atoms with Crippen LogP contribution in [0.5, 0.6) is 0 Å². The Bertz CT molecular complexity index is 757. The second kappa shape index (κ2) is 5.53. The largest absolute Gasteiger partial charge is 0.259 e. The Morgan fingerprint density at radius 3 is 2.24 bits per heavy atom. The van der Waals surface area contributed by atoms with Crippen molar-refractivity contribution in [2.24, 2.45) is 0 Å². The third-order valence-corrected chi connectivity index (χ3v) is 4.55. The third kappa shape index (κ3) is 2.96. The second-order valence-corrected chi connectivity index (χ2v) is 7.27. The van der Waals surface area contributed by atoms with Gasteiger partial charge < -0.3 is 0 Å². The van der Waals surface area contributed by atoms with E-state index in [2.05, 4.69) is 75.4 Å².